The number of aromatic nitrogens is 3. The Balaban J connectivity index is 1.35. The predicted octanol–water partition coefficient (Wildman–Crippen LogP) is 4.74. The van der Waals surface area contributed by atoms with Crippen molar-refractivity contribution in [2.45, 2.75) is 38.7 Å². The fraction of sp³-hybridized carbons (Fsp3) is 0.419. The lowest BCUT2D eigenvalue weighted by Gasteiger charge is -2.44. The van der Waals surface area contributed by atoms with Crippen LogP contribution < -0.4 is 9.80 Å². The second-order valence-corrected chi connectivity index (χ2v) is 12.4. The van der Waals surface area contributed by atoms with Gasteiger partial charge in [0, 0.05) is 62.5 Å². The van der Waals surface area contributed by atoms with E-state index >= 15 is 4.39 Å². The number of β-amino-alcohol motifs (C(OH)–C–C–N with tert-alkyl or cyclic N) is 1. The number of aryl methyl sites for hydroxylation is 1. The van der Waals surface area contributed by atoms with Crippen LogP contribution in [0.1, 0.15) is 18.7 Å². The Hall–Kier alpha value is -4.33. The van der Waals surface area contributed by atoms with Gasteiger partial charge < -0.3 is 19.8 Å². The van der Waals surface area contributed by atoms with Crippen LogP contribution >= 0.6 is 11.3 Å². The molecule has 1 atom stereocenters. The lowest BCUT2D eigenvalue weighted by Crippen LogP contribution is -2.63. The first-order chi connectivity index (χ1) is 22.4. The van der Waals surface area contributed by atoms with Crippen LogP contribution in [0.2, 0.25) is 0 Å². The molecular formula is C31H31F5N8O2S. The van der Waals surface area contributed by atoms with E-state index in [9.17, 15) is 32.7 Å². The van der Waals surface area contributed by atoms with Crippen molar-refractivity contribution in [1.82, 2.24) is 24.6 Å². The number of anilines is 3. The largest absolute Gasteiger partial charge is 0.405 e. The van der Waals surface area contributed by atoms with E-state index in [1.165, 1.54) is 40.1 Å². The molecule has 2 fully saturated rings. The number of fused-ring (bicyclic) bond motifs is 1. The van der Waals surface area contributed by atoms with E-state index in [-0.39, 0.29) is 37.4 Å². The molecule has 2 saturated heterocycles. The molecule has 4 aromatic rings. The maximum absolute atomic E-state index is 15.7. The van der Waals surface area contributed by atoms with Gasteiger partial charge in [-0.15, -0.1) is 0 Å². The van der Waals surface area contributed by atoms with Gasteiger partial charge in [-0.2, -0.15) is 23.5 Å². The van der Waals surface area contributed by atoms with Crippen molar-refractivity contribution in [2.75, 3.05) is 55.6 Å². The zero-order valence-electron chi connectivity index (χ0n) is 25.5. The Bertz CT molecular complexity index is 1830. The molecule has 10 nitrogen and oxygen atoms in total. The van der Waals surface area contributed by atoms with Crippen molar-refractivity contribution >= 4 is 44.8 Å². The highest BCUT2D eigenvalue weighted by Gasteiger charge is 2.47. The summed E-state index contributed by atoms with van der Waals surface area (Å²) >= 11 is 1.11. The summed E-state index contributed by atoms with van der Waals surface area (Å²) in [7, 11) is 0. The van der Waals surface area contributed by atoms with Crippen LogP contribution in [0.15, 0.2) is 36.4 Å². The fourth-order valence-electron chi connectivity index (χ4n) is 6.02. The van der Waals surface area contributed by atoms with E-state index in [1.807, 2.05) is 13.8 Å². The van der Waals surface area contributed by atoms with Gasteiger partial charge in [-0.25, -0.2) is 18.4 Å². The van der Waals surface area contributed by atoms with Crippen LogP contribution in [0.25, 0.3) is 22.2 Å². The summed E-state index contributed by atoms with van der Waals surface area (Å²) in [4.78, 5) is 23.2. The third kappa shape index (κ3) is 6.22. The number of piperazine rings is 1. The Morgan fingerprint density at radius 3 is 2.47 bits per heavy atom. The number of aliphatic hydroxyl groups excluding tert-OH is 1. The Morgan fingerprint density at radius 2 is 1.85 bits per heavy atom. The van der Waals surface area contributed by atoms with Gasteiger partial charge in [-0.05, 0) is 50.2 Å². The summed E-state index contributed by atoms with van der Waals surface area (Å²) in [5, 5.41) is 24.6. The van der Waals surface area contributed by atoms with E-state index in [4.69, 9.17) is 4.98 Å². The second kappa shape index (κ2) is 12.7. The minimum Gasteiger partial charge on any atom is -0.389 e. The molecule has 1 N–H and O–H groups in total. The normalized spacial score (nSPS) is 17.6. The van der Waals surface area contributed by atoms with Crippen LogP contribution in [0.5, 0.6) is 0 Å². The number of carbonyl (C=O) groups is 1. The summed E-state index contributed by atoms with van der Waals surface area (Å²) in [6.07, 6.45) is -5.32. The molecule has 4 heterocycles. The second-order valence-electron chi connectivity index (χ2n) is 11.4. The highest BCUT2D eigenvalue weighted by molar-refractivity contribution is 7.16. The summed E-state index contributed by atoms with van der Waals surface area (Å²) in [6.45, 7) is 3.63. The molecule has 2 aliphatic rings. The van der Waals surface area contributed by atoms with E-state index in [0.29, 0.717) is 45.6 Å². The number of hydrogen-bond acceptors (Lipinski definition) is 9. The topological polar surface area (TPSA) is 105 Å². The number of nitrogens with zero attached hydrogens (tertiary/aromatic N) is 8. The quantitative estimate of drug-likeness (QED) is 0.268. The molecule has 0 spiro atoms. The van der Waals surface area contributed by atoms with E-state index < -0.39 is 49.0 Å². The third-order valence-electron chi connectivity index (χ3n) is 8.48. The van der Waals surface area contributed by atoms with Crippen molar-refractivity contribution in [2.24, 2.45) is 0 Å². The number of nitriles is 1. The lowest BCUT2D eigenvalue weighted by molar-refractivity contribution is -0.187. The Labute approximate surface area is 270 Å². The number of benzene rings is 2. The third-order valence-corrected chi connectivity index (χ3v) is 9.46. The number of alkyl halides is 3. The van der Waals surface area contributed by atoms with Gasteiger partial charge in [0.25, 0.3) is 0 Å². The van der Waals surface area contributed by atoms with Gasteiger partial charge >= 0.3 is 6.18 Å². The van der Waals surface area contributed by atoms with Crippen LogP contribution in [0, 0.1) is 23.0 Å². The molecular weight excluding hydrogens is 643 g/mol. The van der Waals surface area contributed by atoms with Crippen LogP contribution in [0.3, 0.4) is 0 Å². The monoisotopic (exact) mass is 674 g/mol. The maximum Gasteiger partial charge on any atom is 0.405 e. The molecule has 47 heavy (non-hydrogen) atoms. The SMILES string of the molecule is CCN(c1nc(-c2ccc(F)cc2)c(C#N)s1)c1c2cc(N3CCN(CC(=O)N4CC(O)C4)[C@@H](C(F)(F)F)C3)cc(F)c2nn1CC. The minimum absolute atomic E-state index is 0.0354. The van der Waals surface area contributed by atoms with E-state index in [0.717, 1.165) is 16.2 Å². The highest BCUT2D eigenvalue weighted by Crippen LogP contribution is 2.41. The standard InChI is InChI=1S/C31H31F5N8O2S/c1-3-43(30-38-27(24(13-37)47-30)18-5-7-19(32)8-6-18)29-22-11-20(12-23(33)28(22)39-44(29)4-2)40-9-10-41(25(16-40)31(34,35)36)17-26(46)42-14-21(45)15-42/h5-8,11-12,21,25,45H,3-4,9-10,14-17H2,1-2H3/t25-/m1/s1. The molecule has 2 aromatic heterocycles. The van der Waals surface area contributed by atoms with Gasteiger partial charge in [-0.1, -0.05) is 11.3 Å². The first-order valence-corrected chi connectivity index (χ1v) is 15.9. The first kappa shape index (κ1) is 32.6. The lowest BCUT2D eigenvalue weighted by atomic mass is 10.1. The summed E-state index contributed by atoms with van der Waals surface area (Å²) in [6, 6.07) is 8.56. The molecule has 0 saturated carbocycles. The van der Waals surface area contributed by atoms with Gasteiger partial charge in [0.15, 0.2) is 10.9 Å². The van der Waals surface area contributed by atoms with Gasteiger partial charge in [0.05, 0.1) is 12.6 Å². The average Bonchev–Trinajstić information content (AvgIpc) is 3.62. The zero-order valence-corrected chi connectivity index (χ0v) is 26.3. The number of likely N-dealkylation sites (tertiary alicyclic amines) is 1. The van der Waals surface area contributed by atoms with E-state index in [1.54, 1.807) is 15.6 Å². The van der Waals surface area contributed by atoms with Crippen LogP contribution in [-0.2, 0) is 11.3 Å². The van der Waals surface area contributed by atoms with E-state index in [2.05, 4.69) is 11.2 Å². The number of carbonyl (C=O) groups excluding carboxylic acids is 1. The average molecular weight is 675 g/mol. The maximum atomic E-state index is 15.7. The number of aliphatic hydroxyl groups is 1. The molecule has 0 aliphatic carbocycles. The Morgan fingerprint density at radius 1 is 1.13 bits per heavy atom. The predicted molar refractivity (Wildman–Crippen MR) is 166 cm³/mol. The van der Waals surface area contributed by atoms with Crippen molar-refractivity contribution in [1.29, 1.82) is 5.26 Å². The van der Waals surface area contributed by atoms with Crippen LogP contribution in [-0.4, -0.2) is 99.7 Å². The Kier molecular flexibility index (Phi) is 8.81. The molecule has 2 aliphatic heterocycles. The summed E-state index contributed by atoms with van der Waals surface area (Å²) < 4.78 is 73.8. The summed E-state index contributed by atoms with van der Waals surface area (Å²) in [5.74, 6) is -1.16. The van der Waals surface area contributed by atoms with Gasteiger partial charge in [-0.3, -0.25) is 9.69 Å². The molecule has 2 aromatic carbocycles. The molecule has 1 amide bonds. The van der Waals surface area contributed by atoms with Crippen LogP contribution in [0.4, 0.5) is 38.6 Å². The molecule has 16 heteroatoms. The number of amides is 1. The molecule has 6 rings (SSSR count). The molecule has 0 bridgehead atoms. The molecule has 248 valence electrons. The van der Waals surface area contributed by atoms with Gasteiger partial charge in [0.2, 0.25) is 5.91 Å². The first-order valence-electron chi connectivity index (χ1n) is 15.1. The molecule has 0 radical (unpaired) electrons. The number of halogens is 5. The fourth-order valence-corrected chi connectivity index (χ4v) is 6.97. The number of hydrogen-bond donors (Lipinski definition) is 1. The van der Waals surface area contributed by atoms with Crippen molar-refractivity contribution < 1.29 is 31.9 Å². The smallest absolute Gasteiger partial charge is 0.389 e. The molecule has 0 unspecified atom stereocenters. The van der Waals surface area contributed by atoms with Crippen molar-refractivity contribution in [3.63, 3.8) is 0 Å². The van der Waals surface area contributed by atoms with Gasteiger partial charge in [0.1, 0.15) is 39.8 Å². The zero-order chi connectivity index (χ0) is 33.6. The number of thiazole rings is 1. The highest BCUT2D eigenvalue weighted by atomic mass is 32.1. The number of rotatable bonds is 8. The van der Waals surface area contributed by atoms with Crippen molar-refractivity contribution in [3.8, 4) is 17.3 Å². The summed E-state index contributed by atoms with van der Waals surface area (Å²) in [5.41, 5.74) is 1.18. The minimum atomic E-state index is -4.65. The van der Waals surface area contributed by atoms with Crippen molar-refractivity contribution in [3.05, 3.63) is 52.9 Å².